The van der Waals surface area contributed by atoms with Gasteiger partial charge in [-0.3, -0.25) is 4.79 Å². The lowest BCUT2D eigenvalue weighted by molar-refractivity contribution is 0.0741. The minimum atomic E-state index is -0.237. The first-order chi connectivity index (χ1) is 9.91. The Labute approximate surface area is 129 Å². The molecular formula is C17H18ClNO2. The monoisotopic (exact) mass is 303 g/mol. The Morgan fingerprint density at radius 2 is 1.90 bits per heavy atom. The molecule has 2 rings (SSSR count). The number of carbonyl (C=O) groups excluding carboxylic acids is 1. The Balaban J connectivity index is 2.26. The van der Waals surface area contributed by atoms with Crippen LogP contribution in [0.25, 0.3) is 0 Å². The van der Waals surface area contributed by atoms with E-state index in [-0.39, 0.29) is 17.7 Å². The predicted octanol–water partition coefficient (Wildman–Crippen LogP) is 4.19. The molecule has 1 amide bonds. The van der Waals surface area contributed by atoms with E-state index in [9.17, 15) is 9.90 Å². The zero-order chi connectivity index (χ0) is 15.6. The van der Waals surface area contributed by atoms with E-state index >= 15 is 0 Å². The smallest absolute Gasteiger partial charge is 0.254 e. The van der Waals surface area contributed by atoms with E-state index in [4.69, 9.17) is 11.6 Å². The number of amides is 1. The summed E-state index contributed by atoms with van der Waals surface area (Å²) in [6, 6.07) is 12.1. The summed E-state index contributed by atoms with van der Waals surface area (Å²) in [7, 11) is 1.72. The van der Waals surface area contributed by atoms with Gasteiger partial charge in [-0.25, -0.2) is 0 Å². The second-order valence-electron chi connectivity index (χ2n) is 5.11. The van der Waals surface area contributed by atoms with E-state index in [1.165, 1.54) is 0 Å². The van der Waals surface area contributed by atoms with Gasteiger partial charge in [-0.15, -0.1) is 0 Å². The van der Waals surface area contributed by atoms with Crippen LogP contribution in [0.3, 0.4) is 0 Å². The molecule has 0 heterocycles. The molecule has 2 aromatic carbocycles. The van der Waals surface area contributed by atoms with Gasteiger partial charge in [0.25, 0.3) is 5.91 Å². The Morgan fingerprint density at radius 3 is 2.52 bits per heavy atom. The molecule has 0 fully saturated rings. The topological polar surface area (TPSA) is 40.5 Å². The average Bonchev–Trinajstić information content (AvgIpc) is 2.48. The van der Waals surface area contributed by atoms with Gasteiger partial charge in [-0.1, -0.05) is 35.9 Å². The van der Waals surface area contributed by atoms with Crippen LogP contribution < -0.4 is 0 Å². The number of aryl methyl sites for hydroxylation is 1. The molecule has 0 aromatic heterocycles. The van der Waals surface area contributed by atoms with Gasteiger partial charge in [0.1, 0.15) is 5.75 Å². The molecule has 110 valence electrons. The second-order valence-corrected chi connectivity index (χ2v) is 5.52. The van der Waals surface area contributed by atoms with Crippen molar-refractivity contribution in [1.82, 2.24) is 4.90 Å². The average molecular weight is 304 g/mol. The van der Waals surface area contributed by atoms with Gasteiger partial charge in [0.15, 0.2) is 0 Å². The SMILES string of the molecule is Cc1ccc(C(=O)N(C)C(C)c2ccccc2O)cc1Cl. The van der Waals surface area contributed by atoms with Crippen LogP contribution in [0.4, 0.5) is 0 Å². The standard InChI is InChI=1S/C17H18ClNO2/c1-11-8-9-13(10-15(11)18)17(21)19(3)12(2)14-6-4-5-7-16(14)20/h4-10,12,20H,1-3H3. The summed E-state index contributed by atoms with van der Waals surface area (Å²) in [5.41, 5.74) is 2.19. The zero-order valence-corrected chi connectivity index (χ0v) is 13.1. The van der Waals surface area contributed by atoms with Crippen molar-refractivity contribution >= 4 is 17.5 Å². The second kappa shape index (κ2) is 6.19. The Morgan fingerprint density at radius 1 is 1.24 bits per heavy atom. The van der Waals surface area contributed by atoms with Crippen LogP contribution >= 0.6 is 11.6 Å². The largest absolute Gasteiger partial charge is 0.508 e. The van der Waals surface area contributed by atoms with E-state index in [1.807, 2.05) is 32.0 Å². The van der Waals surface area contributed by atoms with Crippen molar-refractivity contribution in [3.63, 3.8) is 0 Å². The third-order valence-corrected chi connectivity index (χ3v) is 4.11. The third-order valence-electron chi connectivity index (χ3n) is 3.71. The molecule has 0 aliphatic heterocycles. The summed E-state index contributed by atoms with van der Waals surface area (Å²) < 4.78 is 0. The molecule has 0 aliphatic rings. The summed E-state index contributed by atoms with van der Waals surface area (Å²) >= 11 is 6.07. The number of nitrogens with zero attached hydrogens (tertiary/aromatic N) is 1. The van der Waals surface area contributed by atoms with E-state index < -0.39 is 0 Å². The van der Waals surface area contributed by atoms with Crippen molar-refractivity contribution < 1.29 is 9.90 Å². The number of halogens is 1. The number of carbonyl (C=O) groups is 1. The van der Waals surface area contributed by atoms with Crippen molar-refractivity contribution in [3.05, 3.63) is 64.2 Å². The molecule has 1 N–H and O–H groups in total. The molecule has 1 atom stereocenters. The molecule has 0 saturated carbocycles. The number of hydrogen-bond donors (Lipinski definition) is 1. The molecule has 0 bridgehead atoms. The molecule has 0 radical (unpaired) electrons. The van der Waals surface area contributed by atoms with Gasteiger partial charge < -0.3 is 10.0 Å². The quantitative estimate of drug-likeness (QED) is 0.923. The van der Waals surface area contributed by atoms with Crippen LogP contribution in [0.15, 0.2) is 42.5 Å². The van der Waals surface area contributed by atoms with Crippen molar-refractivity contribution in [2.24, 2.45) is 0 Å². The summed E-state index contributed by atoms with van der Waals surface area (Å²) in [5.74, 6) is 0.0549. The van der Waals surface area contributed by atoms with Gasteiger partial charge in [0.2, 0.25) is 0 Å². The van der Waals surface area contributed by atoms with Crippen LogP contribution in [-0.4, -0.2) is 23.0 Å². The number of benzene rings is 2. The van der Waals surface area contributed by atoms with Gasteiger partial charge >= 0.3 is 0 Å². The first-order valence-electron chi connectivity index (χ1n) is 6.73. The highest BCUT2D eigenvalue weighted by atomic mass is 35.5. The van der Waals surface area contributed by atoms with E-state index in [0.717, 1.165) is 5.56 Å². The van der Waals surface area contributed by atoms with Crippen molar-refractivity contribution in [2.45, 2.75) is 19.9 Å². The van der Waals surface area contributed by atoms with E-state index in [2.05, 4.69) is 0 Å². The number of rotatable bonds is 3. The van der Waals surface area contributed by atoms with Crippen LogP contribution in [0, 0.1) is 6.92 Å². The number of para-hydroxylation sites is 1. The van der Waals surface area contributed by atoms with Gasteiger partial charge in [-0.2, -0.15) is 0 Å². The summed E-state index contributed by atoms with van der Waals surface area (Å²) in [6.45, 7) is 3.77. The molecule has 4 heteroatoms. The van der Waals surface area contributed by atoms with Gasteiger partial charge in [0.05, 0.1) is 6.04 Å². The molecule has 0 aliphatic carbocycles. The first-order valence-corrected chi connectivity index (χ1v) is 7.11. The summed E-state index contributed by atoms with van der Waals surface area (Å²) in [5, 5.41) is 10.5. The first kappa shape index (κ1) is 15.4. The summed E-state index contributed by atoms with van der Waals surface area (Å²) in [4.78, 5) is 14.1. The summed E-state index contributed by atoms with van der Waals surface area (Å²) in [6.07, 6.45) is 0. The highest BCUT2D eigenvalue weighted by Crippen LogP contribution is 2.28. The van der Waals surface area contributed by atoms with Crippen molar-refractivity contribution in [2.75, 3.05) is 7.05 Å². The lowest BCUT2D eigenvalue weighted by Gasteiger charge is -2.26. The molecular weight excluding hydrogens is 286 g/mol. The van der Waals surface area contributed by atoms with Crippen LogP contribution in [0.5, 0.6) is 5.75 Å². The highest BCUT2D eigenvalue weighted by molar-refractivity contribution is 6.31. The Kier molecular flexibility index (Phi) is 4.53. The van der Waals surface area contributed by atoms with E-state index in [0.29, 0.717) is 16.1 Å². The fraction of sp³-hybridized carbons (Fsp3) is 0.235. The van der Waals surface area contributed by atoms with Gasteiger partial charge in [-0.05, 0) is 37.6 Å². The number of phenols is 1. The normalized spacial score (nSPS) is 12.0. The minimum absolute atomic E-state index is 0.132. The number of phenolic OH excluding ortho intramolecular Hbond substituents is 1. The Hall–Kier alpha value is -2.00. The highest BCUT2D eigenvalue weighted by Gasteiger charge is 2.21. The Bertz CT molecular complexity index is 670. The maximum absolute atomic E-state index is 12.5. The molecule has 1 unspecified atom stereocenters. The van der Waals surface area contributed by atoms with Crippen LogP contribution in [0.1, 0.15) is 34.5 Å². The maximum Gasteiger partial charge on any atom is 0.254 e. The molecule has 0 saturated heterocycles. The molecule has 2 aromatic rings. The van der Waals surface area contributed by atoms with Crippen LogP contribution in [-0.2, 0) is 0 Å². The number of aromatic hydroxyl groups is 1. The van der Waals surface area contributed by atoms with Gasteiger partial charge in [0, 0.05) is 23.2 Å². The zero-order valence-electron chi connectivity index (χ0n) is 12.3. The lowest BCUT2D eigenvalue weighted by atomic mass is 10.0. The van der Waals surface area contributed by atoms with Crippen molar-refractivity contribution in [1.29, 1.82) is 0 Å². The number of hydrogen-bond acceptors (Lipinski definition) is 2. The maximum atomic E-state index is 12.5. The fourth-order valence-electron chi connectivity index (χ4n) is 2.15. The predicted molar refractivity (Wildman–Crippen MR) is 84.8 cm³/mol. The lowest BCUT2D eigenvalue weighted by Crippen LogP contribution is -2.29. The van der Waals surface area contributed by atoms with E-state index in [1.54, 1.807) is 36.2 Å². The van der Waals surface area contributed by atoms with Crippen molar-refractivity contribution in [3.8, 4) is 5.75 Å². The molecule has 21 heavy (non-hydrogen) atoms. The van der Waals surface area contributed by atoms with Crippen LogP contribution in [0.2, 0.25) is 5.02 Å². The fourth-order valence-corrected chi connectivity index (χ4v) is 2.34. The molecule has 3 nitrogen and oxygen atoms in total. The molecule has 0 spiro atoms. The third kappa shape index (κ3) is 3.19. The minimum Gasteiger partial charge on any atom is -0.508 e.